The summed E-state index contributed by atoms with van der Waals surface area (Å²) in [5.41, 5.74) is 5.34. The molecule has 0 aromatic heterocycles. The second-order valence-corrected chi connectivity index (χ2v) is 6.11. The monoisotopic (exact) mass is 314 g/mol. The van der Waals surface area contributed by atoms with E-state index in [1.807, 2.05) is 0 Å². The normalized spacial score (nSPS) is 11.5. The number of aromatic carboxylic acids is 1. The van der Waals surface area contributed by atoms with Crippen molar-refractivity contribution in [2.45, 2.75) is 4.90 Å². The van der Waals surface area contributed by atoms with Crippen molar-refractivity contribution in [3.63, 3.8) is 0 Å². The highest BCUT2D eigenvalue weighted by Crippen LogP contribution is 2.22. The molecule has 0 aliphatic heterocycles. The summed E-state index contributed by atoms with van der Waals surface area (Å²) in [6, 6.07) is 3.66. The van der Waals surface area contributed by atoms with Gasteiger partial charge in [0.25, 0.3) is 0 Å². The SMILES string of the molecule is C=CCN(CCOC)S(=O)(=O)c1ccc(N)cc1C(=O)O. The first kappa shape index (κ1) is 17.2. The molecular weight excluding hydrogens is 296 g/mol. The smallest absolute Gasteiger partial charge is 0.337 e. The Morgan fingerprint density at radius 2 is 2.19 bits per heavy atom. The fourth-order valence-electron chi connectivity index (χ4n) is 1.73. The molecule has 0 spiro atoms. The van der Waals surface area contributed by atoms with Gasteiger partial charge < -0.3 is 15.6 Å². The van der Waals surface area contributed by atoms with Crippen LogP contribution in [0.1, 0.15) is 10.4 Å². The number of carboxylic acids is 1. The van der Waals surface area contributed by atoms with Crippen LogP contribution >= 0.6 is 0 Å². The predicted octanol–water partition coefficient (Wildman–Crippen LogP) is 0.790. The first-order chi connectivity index (χ1) is 9.84. The van der Waals surface area contributed by atoms with Gasteiger partial charge >= 0.3 is 5.97 Å². The summed E-state index contributed by atoms with van der Waals surface area (Å²) in [5, 5.41) is 9.16. The van der Waals surface area contributed by atoms with Gasteiger partial charge in [-0.15, -0.1) is 6.58 Å². The van der Waals surface area contributed by atoms with Crippen LogP contribution in [0.5, 0.6) is 0 Å². The van der Waals surface area contributed by atoms with Gasteiger partial charge in [-0.25, -0.2) is 13.2 Å². The van der Waals surface area contributed by atoms with E-state index in [0.29, 0.717) is 0 Å². The molecule has 21 heavy (non-hydrogen) atoms. The Morgan fingerprint density at radius 3 is 2.71 bits per heavy atom. The fraction of sp³-hybridized carbons (Fsp3) is 0.308. The molecule has 1 aromatic rings. The molecule has 0 saturated carbocycles. The highest BCUT2D eigenvalue weighted by molar-refractivity contribution is 7.89. The Kier molecular flexibility index (Phi) is 5.89. The molecule has 0 radical (unpaired) electrons. The van der Waals surface area contributed by atoms with E-state index in [2.05, 4.69) is 6.58 Å². The number of nitrogens with two attached hydrogens (primary N) is 1. The number of nitrogen functional groups attached to an aromatic ring is 1. The molecular formula is C13H18N2O5S. The Morgan fingerprint density at radius 1 is 1.52 bits per heavy atom. The molecule has 0 fully saturated rings. The number of benzene rings is 1. The Bertz CT molecular complexity index is 627. The molecule has 0 aliphatic rings. The number of carbonyl (C=O) groups is 1. The average molecular weight is 314 g/mol. The third-order valence-corrected chi connectivity index (χ3v) is 4.65. The van der Waals surface area contributed by atoms with Crippen LogP contribution in [0.15, 0.2) is 35.7 Å². The number of hydrogen-bond acceptors (Lipinski definition) is 5. The number of ether oxygens (including phenoxy) is 1. The van der Waals surface area contributed by atoms with Crippen molar-refractivity contribution in [3.8, 4) is 0 Å². The summed E-state index contributed by atoms with van der Waals surface area (Å²) < 4.78 is 31.1. The molecule has 7 nitrogen and oxygen atoms in total. The Balaban J connectivity index is 3.33. The highest BCUT2D eigenvalue weighted by atomic mass is 32.2. The van der Waals surface area contributed by atoms with E-state index in [-0.39, 0.29) is 35.8 Å². The molecule has 8 heteroatoms. The van der Waals surface area contributed by atoms with Gasteiger partial charge in [-0.3, -0.25) is 0 Å². The van der Waals surface area contributed by atoms with Crippen molar-refractivity contribution in [2.75, 3.05) is 32.5 Å². The average Bonchev–Trinajstić information content (AvgIpc) is 2.42. The van der Waals surface area contributed by atoms with E-state index in [1.165, 1.54) is 25.3 Å². The molecule has 0 amide bonds. The lowest BCUT2D eigenvalue weighted by Gasteiger charge is -2.21. The van der Waals surface area contributed by atoms with Gasteiger partial charge in [0, 0.05) is 25.9 Å². The van der Waals surface area contributed by atoms with Crippen molar-refractivity contribution in [1.29, 1.82) is 0 Å². The number of nitrogens with zero attached hydrogens (tertiary/aromatic N) is 1. The van der Waals surface area contributed by atoms with Crippen LogP contribution in [0.4, 0.5) is 5.69 Å². The maximum atomic E-state index is 12.6. The van der Waals surface area contributed by atoms with E-state index >= 15 is 0 Å². The van der Waals surface area contributed by atoms with Gasteiger partial charge in [0.15, 0.2) is 0 Å². The number of methoxy groups -OCH3 is 1. The topological polar surface area (TPSA) is 110 Å². The van der Waals surface area contributed by atoms with Crippen LogP contribution in [0.25, 0.3) is 0 Å². The summed E-state index contributed by atoms with van der Waals surface area (Å²) in [6.45, 7) is 3.83. The van der Waals surface area contributed by atoms with Gasteiger partial charge in [0.05, 0.1) is 17.1 Å². The van der Waals surface area contributed by atoms with E-state index in [9.17, 15) is 13.2 Å². The third-order valence-electron chi connectivity index (χ3n) is 2.73. The number of carboxylic acid groups (broad SMARTS) is 1. The quantitative estimate of drug-likeness (QED) is 0.542. The zero-order valence-corrected chi connectivity index (χ0v) is 12.5. The van der Waals surface area contributed by atoms with Crippen LogP contribution in [0.2, 0.25) is 0 Å². The van der Waals surface area contributed by atoms with Crippen LogP contribution in [0, 0.1) is 0 Å². The van der Waals surface area contributed by atoms with E-state index in [4.69, 9.17) is 15.6 Å². The standard InChI is InChI=1S/C13H18N2O5S/c1-3-6-15(7-8-20-2)21(18,19)12-5-4-10(14)9-11(12)13(16)17/h3-5,9H,1,6-8,14H2,2H3,(H,16,17). The maximum Gasteiger partial charge on any atom is 0.337 e. The van der Waals surface area contributed by atoms with Gasteiger partial charge in [0.2, 0.25) is 10.0 Å². The number of hydrogen-bond donors (Lipinski definition) is 2. The van der Waals surface area contributed by atoms with Crippen LogP contribution < -0.4 is 5.73 Å². The lowest BCUT2D eigenvalue weighted by Crippen LogP contribution is -2.35. The van der Waals surface area contributed by atoms with Gasteiger partial charge in [-0.1, -0.05) is 6.08 Å². The predicted molar refractivity (Wildman–Crippen MR) is 78.6 cm³/mol. The molecule has 0 bridgehead atoms. The molecule has 0 atom stereocenters. The second kappa shape index (κ2) is 7.21. The van der Waals surface area contributed by atoms with Crippen LogP contribution in [-0.2, 0) is 14.8 Å². The molecule has 1 aromatic carbocycles. The number of sulfonamides is 1. The van der Waals surface area contributed by atoms with Gasteiger partial charge in [-0.2, -0.15) is 4.31 Å². The number of anilines is 1. The van der Waals surface area contributed by atoms with E-state index < -0.39 is 16.0 Å². The molecule has 0 unspecified atom stereocenters. The summed E-state index contributed by atoms with van der Waals surface area (Å²) in [6.07, 6.45) is 1.42. The van der Waals surface area contributed by atoms with Crippen molar-refractivity contribution < 1.29 is 23.1 Å². The largest absolute Gasteiger partial charge is 0.478 e. The Hall–Kier alpha value is -1.90. The summed E-state index contributed by atoms with van der Waals surface area (Å²) in [5.74, 6) is -1.36. The molecule has 116 valence electrons. The lowest BCUT2D eigenvalue weighted by atomic mass is 10.2. The van der Waals surface area contributed by atoms with Crippen molar-refractivity contribution >= 4 is 21.7 Å². The highest BCUT2D eigenvalue weighted by Gasteiger charge is 2.28. The summed E-state index contributed by atoms with van der Waals surface area (Å²) in [7, 11) is -2.53. The van der Waals surface area contributed by atoms with Gasteiger partial charge in [-0.05, 0) is 18.2 Å². The maximum absolute atomic E-state index is 12.6. The van der Waals surface area contributed by atoms with Crippen molar-refractivity contribution in [2.24, 2.45) is 0 Å². The molecule has 1 rings (SSSR count). The van der Waals surface area contributed by atoms with E-state index in [0.717, 1.165) is 10.4 Å². The third kappa shape index (κ3) is 4.03. The van der Waals surface area contributed by atoms with Gasteiger partial charge in [0.1, 0.15) is 0 Å². The van der Waals surface area contributed by atoms with Crippen molar-refractivity contribution in [1.82, 2.24) is 4.31 Å². The lowest BCUT2D eigenvalue weighted by molar-refractivity contribution is 0.0692. The summed E-state index contributed by atoms with van der Waals surface area (Å²) in [4.78, 5) is 10.9. The zero-order chi connectivity index (χ0) is 16.0. The first-order valence-electron chi connectivity index (χ1n) is 6.07. The van der Waals surface area contributed by atoms with Crippen LogP contribution in [-0.4, -0.2) is 50.6 Å². The van der Waals surface area contributed by atoms with E-state index in [1.54, 1.807) is 0 Å². The second-order valence-electron chi connectivity index (χ2n) is 4.21. The zero-order valence-electron chi connectivity index (χ0n) is 11.7. The molecule has 3 N–H and O–H groups in total. The number of rotatable bonds is 8. The first-order valence-corrected chi connectivity index (χ1v) is 7.51. The molecule has 0 aliphatic carbocycles. The Labute approximate surface area is 123 Å². The minimum Gasteiger partial charge on any atom is -0.478 e. The minimum absolute atomic E-state index is 0.0507. The fourth-order valence-corrected chi connectivity index (χ4v) is 3.28. The molecule has 0 heterocycles. The molecule has 0 saturated heterocycles. The summed E-state index contributed by atoms with van der Waals surface area (Å²) >= 11 is 0. The van der Waals surface area contributed by atoms with Crippen LogP contribution in [0.3, 0.4) is 0 Å². The minimum atomic E-state index is -3.98. The van der Waals surface area contributed by atoms with Crippen molar-refractivity contribution in [3.05, 3.63) is 36.4 Å².